The third-order valence-corrected chi connectivity index (χ3v) is 5.37. The number of aryl methyl sites for hydroxylation is 1. The molecule has 0 saturated carbocycles. The Kier molecular flexibility index (Phi) is 8.68. The summed E-state index contributed by atoms with van der Waals surface area (Å²) in [6, 6.07) is 16.8. The van der Waals surface area contributed by atoms with E-state index in [0.717, 1.165) is 26.1 Å². The smallest absolute Gasteiger partial charge is 0.251 e. The molecule has 2 aromatic carbocycles. The predicted octanol–water partition coefficient (Wildman–Crippen LogP) is 4.12. The Morgan fingerprint density at radius 2 is 1.46 bits per heavy atom. The maximum atomic E-state index is 12.6. The molecule has 0 aliphatic rings. The van der Waals surface area contributed by atoms with Crippen LogP contribution in [0.3, 0.4) is 0 Å². The van der Waals surface area contributed by atoms with E-state index in [1.165, 1.54) is 16.7 Å². The maximum absolute atomic E-state index is 12.6. The van der Waals surface area contributed by atoms with Crippen molar-refractivity contribution in [1.82, 2.24) is 15.1 Å². The van der Waals surface area contributed by atoms with Crippen molar-refractivity contribution in [1.29, 1.82) is 0 Å². The van der Waals surface area contributed by atoms with E-state index in [9.17, 15) is 4.79 Å². The minimum absolute atomic E-state index is 0.0218. The van der Waals surface area contributed by atoms with Crippen LogP contribution in [0.5, 0.6) is 0 Å². The van der Waals surface area contributed by atoms with Gasteiger partial charge in [-0.2, -0.15) is 0 Å². The van der Waals surface area contributed by atoms with Crippen LogP contribution < -0.4 is 5.32 Å². The number of amides is 1. The van der Waals surface area contributed by atoms with Gasteiger partial charge in [-0.15, -0.1) is 0 Å². The lowest BCUT2D eigenvalue weighted by molar-refractivity contribution is 0.0942. The Labute approximate surface area is 170 Å². The molecule has 2 rings (SSSR count). The summed E-state index contributed by atoms with van der Waals surface area (Å²) in [5.74, 6) is -0.0218. The Hall–Kier alpha value is -2.17. The fraction of sp³-hybridized carbons (Fsp3) is 0.458. The number of hydrogen-bond acceptors (Lipinski definition) is 3. The molecule has 0 saturated heterocycles. The number of likely N-dealkylation sites (N-methyl/N-ethyl adjacent to an activating group) is 1. The van der Waals surface area contributed by atoms with E-state index in [2.05, 4.69) is 72.3 Å². The Morgan fingerprint density at radius 1 is 0.893 bits per heavy atom. The van der Waals surface area contributed by atoms with E-state index in [0.29, 0.717) is 12.1 Å². The van der Waals surface area contributed by atoms with Crippen molar-refractivity contribution in [3.05, 3.63) is 70.8 Å². The molecular formula is C24H35N3O. The Balaban J connectivity index is 1.98. The summed E-state index contributed by atoms with van der Waals surface area (Å²) in [5, 5.41) is 3.10. The molecule has 0 heterocycles. The molecule has 1 N–H and O–H groups in total. The van der Waals surface area contributed by atoms with Gasteiger partial charge in [0, 0.05) is 18.7 Å². The average molecular weight is 382 g/mol. The molecule has 152 valence electrons. The largest absolute Gasteiger partial charge is 0.350 e. The molecule has 0 aliphatic heterocycles. The first-order chi connectivity index (χ1) is 13.5. The minimum Gasteiger partial charge on any atom is -0.350 e. The first kappa shape index (κ1) is 22.1. The lowest BCUT2D eigenvalue weighted by Crippen LogP contribution is -2.34. The van der Waals surface area contributed by atoms with E-state index < -0.39 is 0 Å². The second-order valence-corrected chi connectivity index (χ2v) is 7.44. The molecule has 1 amide bonds. The monoisotopic (exact) mass is 381 g/mol. The maximum Gasteiger partial charge on any atom is 0.251 e. The van der Waals surface area contributed by atoms with Crippen molar-refractivity contribution >= 4 is 5.91 Å². The molecule has 0 aromatic heterocycles. The fourth-order valence-electron chi connectivity index (χ4n) is 3.33. The molecule has 0 spiro atoms. The summed E-state index contributed by atoms with van der Waals surface area (Å²) in [7, 11) is 4.10. The van der Waals surface area contributed by atoms with Gasteiger partial charge in [0.25, 0.3) is 5.91 Å². The highest BCUT2D eigenvalue weighted by molar-refractivity contribution is 5.94. The first-order valence-corrected chi connectivity index (χ1v) is 10.3. The van der Waals surface area contributed by atoms with Gasteiger partial charge in [-0.25, -0.2) is 0 Å². The zero-order chi connectivity index (χ0) is 20.5. The molecular weight excluding hydrogens is 346 g/mol. The Bertz CT molecular complexity index is 719. The first-order valence-electron chi connectivity index (χ1n) is 10.3. The van der Waals surface area contributed by atoms with Crippen LogP contribution in [-0.2, 0) is 13.0 Å². The number of benzene rings is 2. The van der Waals surface area contributed by atoms with Gasteiger partial charge in [0.15, 0.2) is 0 Å². The number of nitrogens with one attached hydrogen (secondary N) is 1. The number of hydrogen-bond donors (Lipinski definition) is 1. The second kappa shape index (κ2) is 11.0. The van der Waals surface area contributed by atoms with Crippen molar-refractivity contribution in [3.8, 4) is 0 Å². The third-order valence-electron chi connectivity index (χ3n) is 5.37. The van der Waals surface area contributed by atoms with Crippen LogP contribution in [0, 0.1) is 0 Å². The lowest BCUT2D eigenvalue weighted by Gasteiger charge is -2.25. The topological polar surface area (TPSA) is 35.6 Å². The summed E-state index contributed by atoms with van der Waals surface area (Å²) >= 11 is 0. The molecule has 0 fully saturated rings. The normalized spacial score (nSPS) is 12.4. The summed E-state index contributed by atoms with van der Waals surface area (Å²) in [5.41, 5.74) is 4.50. The van der Waals surface area contributed by atoms with Gasteiger partial charge in [0.05, 0.1) is 6.04 Å². The molecule has 0 bridgehead atoms. The molecule has 4 nitrogen and oxygen atoms in total. The highest BCUT2D eigenvalue weighted by Gasteiger charge is 2.16. The van der Waals surface area contributed by atoms with Crippen molar-refractivity contribution < 1.29 is 4.79 Å². The van der Waals surface area contributed by atoms with Crippen molar-refractivity contribution in [2.75, 3.05) is 33.7 Å². The third kappa shape index (κ3) is 6.18. The quantitative estimate of drug-likeness (QED) is 0.672. The number of rotatable bonds is 10. The van der Waals surface area contributed by atoms with Crippen molar-refractivity contribution in [3.63, 3.8) is 0 Å². The SMILES string of the molecule is CCc1ccc(C(CNC(=O)c2ccc(CN(CC)CC)cc2)N(C)C)cc1. The number of carbonyl (C=O) groups excluding carboxylic acids is 1. The van der Waals surface area contributed by atoms with Gasteiger partial charge in [-0.3, -0.25) is 9.69 Å². The van der Waals surface area contributed by atoms with Gasteiger partial charge in [0.1, 0.15) is 0 Å². The van der Waals surface area contributed by atoms with Crippen LogP contribution in [0.25, 0.3) is 0 Å². The number of nitrogens with zero attached hydrogens (tertiary/aromatic N) is 2. The van der Waals surface area contributed by atoms with Gasteiger partial charge in [-0.05, 0) is 62.4 Å². The van der Waals surface area contributed by atoms with Crippen LogP contribution in [0.1, 0.15) is 53.9 Å². The summed E-state index contributed by atoms with van der Waals surface area (Å²) in [4.78, 5) is 17.1. The van der Waals surface area contributed by atoms with E-state index in [-0.39, 0.29) is 11.9 Å². The van der Waals surface area contributed by atoms with Crippen LogP contribution in [-0.4, -0.2) is 49.4 Å². The fourth-order valence-corrected chi connectivity index (χ4v) is 3.33. The second-order valence-electron chi connectivity index (χ2n) is 7.44. The molecule has 1 atom stereocenters. The summed E-state index contributed by atoms with van der Waals surface area (Å²) < 4.78 is 0. The zero-order valence-corrected chi connectivity index (χ0v) is 18.0. The van der Waals surface area contributed by atoms with Gasteiger partial charge in [0.2, 0.25) is 0 Å². The lowest BCUT2D eigenvalue weighted by atomic mass is 10.0. The van der Waals surface area contributed by atoms with Crippen LogP contribution >= 0.6 is 0 Å². The highest BCUT2D eigenvalue weighted by atomic mass is 16.1. The molecule has 28 heavy (non-hydrogen) atoms. The average Bonchev–Trinajstić information content (AvgIpc) is 2.72. The molecule has 0 aliphatic carbocycles. The summed E-state index contributed by atoms with van der Waals surface area (Å²) in [6.45, 7) is 10.1. The van der Waals surface area contributed by atoms with E-state index in [1.54, 1.807) is 0 Å². The van der Waals surface area contributed by atoms with Crippen molar-refractivity contribution in [2.24, 2.45) is 0 Å². The minimum atomic E-state index is -0.0218. The summed E-state index contributed by atoms with van der Waals surface area (Å²) in [6.07, 6.45) is 1.04. The predicted molar refractivity (Wildman–Crippen MR) is 118 cm³/mol. The molecule has 2 aromatic rings. The van der Waals surface area contributed by atoms with Gasteiger partial charge in [-0.1, -0.05) is 57.2 Å². The molecule has 0 radical (unpaired) electrons. The van der Waals surface area contributed by atoms with Gasteiger partial charge >= 0.3 is 0 Å². The van der Waals surface area contributed by atoms with E-state index in [1.807, 2.05) is 26.2 Å². The van der Waals surface area contributed by atoms with Crippen LogP contribution in [0.4, 0.5) is 0 Å². The highest BCUT2D eigenvalue weighted by Crippen LogP contribution is 2.18. The number of carbonyl (C=O) groups is 1. The van der Waals surface area contributed by atoms with E-state index >= 15 is 0 Å². The van der Waals surface area contributed by atoms with Crippen LogP contribution in [0.2, 0.25) is 0 Å². The van der Waals surface area contributed by atoms with Crippen LogP contribution in [0.15, 0.2) is 48.5 Å². The molecule has 1 unspecified atom stereocenters. The van der Waals surface area contributed by atoms with Crippen molar-refractivity contribution in [2.45, 2.75) is 39.8 Å². The van der Waals surface area contributed by atoms with Gasteiger partial charge < -0.3 is 10.2 Å². The molecule has 4 heteroatoms. The van der Waals surface area contributed by atoms with E-state index in [4.69, 9.17) is 0 Å². The Morgan fingerprint density at radius 3 is 1.96 bits per heavy atom. The standard InChI is InChI=1S/C24H35N3O/c1-6-19-9-13-21(14-10-19)23(26(4)5)17-25-24(28)22-15-11-20(12-16-22)18-27(7-2)8-3/h9-16,23H,6-8,17-18H2,1-5H3,(H,25,28). The zero-order valence-electron chi connectivity index (χ0n) is 18.0.